The summed E-state index contributed by atoms with van der Waals surface area (Å²) in [5.41, 5.74) is 0. The van der Waals surface area contributed by atoms with E-state index in [1.54, 1.807) is 48.5 Å². The summed E-state index contributed by atoms with van der Waals surface area (Å²) in [7, 11) is -15.6. The zero-order valence-electron chi connectivity index (χ0n) is 19.3. The van der Waals surface area contributed by atoms with Gasteiger partial charge in [0.25, 0.3) is 0 Å². The third-order valence-electron chi connectivity index (χ3n) is 4.24. The number of para-hydroxylation sites is 4. The largest absolute Gasteiger partial charge is 1.00 e. The van der Waals surface area contributed by atoms with Crippen LogP contribution in [0.2, 0.25) is 0 Å². The van der Waals surface area contributed by atoms with E-state index in [-0.39, 0.29) is 43.4 Å². The molecule has 4 aromatic rings. The van der Waals surface area contributed by atoms with Gasteiger partial charge in [0, 0.05) is 0 Å². The van der Waals surface area contributed by atoms with Gasteiger partial charge in [-0.25, -0.2) is 9.13 Å². The molecule has 2 unspecified atom stereocenters. The first kappa shape index (κ1) is 29.9. The molecule has 0 saturated carbocycles. The molecule has 4 aromatic carbocycles. The van der Waals surface area contributed by atoms with Gasteiger partial charge in [-0.2, -0.15) is 8.62 Å². The van der Waals surface area contributed by atoms with Crippen molar-refractivity contribution in [2.45, 2.75) is 0 Å². The Morgan fingerprint density at radius 3 is 1.05 bits per heavy atom. The van der Waals surface area contributed by atoms with Crippen LogP contribution in [0.4, 0.5) is 0 Å². The van der Waals surface area contributed by atoms with Crippen LogP contribution in [0.25, 0.3) is 0 Å². The van der Waals surface area contributed by atoms with Crippen LogP contribution in [0.3, 0.4) is 0 Å². The summed E-state index contributed by atoms with van der Waals surface area (Å²) in [6.45, 7) is 0. The van der Waals surface area contributed by atoms with Crippen molar-refractivity contribution in [1.29, 1.82) is 0 Å². The van der Waals surface area contributed by atoms with Gasteiger partial charge >= 0.3 is 43.9 Å². The summed E-state index contributed by atoms with van der Waals surface area (Å²) < 4.78 is 71.1. The van der Waals surface area contributed by atoms with Crippen molar-refractivity contribution in [2.75, 3.05) is 0 Å². The Balaban J connectivity index is 0.00000400. The van der Waals surface area contributed by atoms with Gasteiger partial charge in [-0.15, -0.1) is 0 Å². The molecule has 38 heavy (non-hydrogen) atoms. The second kappa shape index (κ2) is 13.4. The van der Waals surface area contributed by atoms with E-state index in [2.05, 4.69) is 0 Å². The number of hydrogen-bond acceptors (Lipinski definition) is 10. The molecule has 0 aliphatic rings. The van der Waals surface area contributed by atoms with Crippen LogP contribution in [0.1, 0.15) is 0 Å². The average Bonchev–Trinajstić information content (AvgIpc) is 2.85. The van der Waals surface area contributed by atoms with Crippen molar-refractivity contribution >= 4 is 23.5 Å². The van der Waals surface area contributed by atoms with Gasteiger partial charge in [0.1, 0.15) is 23.0 Å². The SMILES string of the molecule is O=P([O-])(Oc1ccccc1)OP(=O)(Oc1ccccc1)OP(=O)(Oc1ccccc1)Oc1ccccc1.[Pd+]. The number of hydrogen-bond donors (Lipinski definition) is 0. The molecular weight excluding hydrogens is 648 g/mol. The first-order valence-electron chi connectivity index (χ1n) is 10.7. The van der Waals surface area contributed by atoms with Crippen molar-refractivity contribution in [3.63, 3.8) is 0 Å². The second-order valence-corrected chi connectivity index (χ2v) is 11.8. The van der Waals surface area contributed by atoms with Crippen molar-refractivity contribution in [3.05, 3.63) is 121 Å². The molecule has 14 heteroatoms. The molecule has 201 valence electrons. The molecule has 0 aromatic heterocycles. The van der Waals surface area contributed by atoms with E-state index in [0.29, 0.717) is 0 Å². The van der Waals surface area contributed by atoms with Crippen LogP contribution in [-0.2, 0) is 42.7 Å². The van der Waals surface area contributed by atoms with E-state index in [1.165, 1.54) is 72.8 Å². The van der Waals surface area contributed by atoms with E-state index in [1.807, 2.05) is 0 Å². The Bertz CT molecular complexity index is 1380. The van der Waals surface area contributed by atoms with Crippen LogP contribution in [-0.4, -0.2) is 0 Å². The van der Waals surface area contributed by atoms with Crippen molar-refractivity contribution in [3.8, 4) is 23.0 Å². The van der Waals surface area contributed by atoms with E-state index >= 15 is 0 Å². The third kappa shape index (κ3) is 9.25. The smallest absolute Gasteiger partial charge is 0.746 e. The Kier molecular flexibility index (Phi) is 10.5. The summed E-state index contributed by atoms with van der Waals surface area (Å²) in [6.07, 6.45) is 0. The Labute approximate surface area is 233 Å². The fourth-order valence-corrected chi connectivity index (χ4v) is 7.37. The molecule has 0 fully saturated rings. The van der Waals surface area contributed by atoms with Crippen LogP contribution in [0.5, 0.6) is 23.0 Å². The minimum absolute atomic E-state index is 0. The molecular formula is C24H20O10P3Pd. The van der Waals surface area contributed by atoms with Crippen molar-refractivity contribution < 1.29 is 65.7 Å². The zero-order chi connectivity index (χ0) is 26.2. The predicted molar refractivity (Wildman–Crippen MR) is 133 cm³/mol. The summed E-state index contributed by atoms with van der Waals surface area (Å²) in [4.78, 5) is 12.7. The van der Waals surface area contributed by atoms with Crippen molar-refractivity contribution in [1.82, 2.24) is 0 Å². The Morgan fingerprint density at radius 2 is 0.711 bits per heavy atom. The topological polar surface area (TPSA) is 130 Å². The number of phosphoric ester groups is 2. The summed E-state index contributed by atoms with van der Waals surface area (Å²) in [5.74, 6) is -0.217. The Hall–Kier alpha value is -2.69. The molecule has 2 atom stereocenters. The molecule has 0 bridgehead atoms. The van der Waals surface area contributed by atoms with E-state index in [0.717, 1.165) is 0 Å². The van der Waals surface area contributed by atoms with Gasteiger partial charge in [0.05, 0.1) is 0 Å². The van der Waals surface area contributed by atoms with E-state index < -0.39 is 23.5 Å². The number of benzene rings is 4. The molecule has 10 nitrogen and oxygen atoms in total. The van der Waals surface area contributed by atoms with Crippen LogP contribution in [0, 0.1) is 0 Å². The molecule has 1 radical (unpaired) electrons. The van der Waals surface area contributed by atoms with Gasteiger partial charge < -0.3 is 23.0 Å². The molecule has 0 aliphatic heterocycles. The summed E-state index contributed by atoms with van der Waals surface area (Å²) in [5, 5.41) is 0. The summed E-state index contributed by atoms with van der Waals surface area (Å²) >= 11 is 0. The molecule has 0 N–H and O–H groups in total. The van der Waals surface area contributed by atoms with E-state index in [4.69, 9.17) is 26.7 Å². The van der Waals surface area contributed by atoms with Gasteiger partial charge in [-0.05, 0) is 48.5 Å². The predicted octanol–water partition coefficient (Wildman–Crippen LogP) is 7.02. The fourth-order valence-electron chi connectivity index (χ4n) is 2.80. The quantitative estimate of drug-likeness (QED) is 0.115. The van der Waals surface area contributed by atoms with Gasteiger partial charge in [0.2, 0.25) is 0 Å². The standard InChI is InChI=1S/C24H21O10P3.Pd/c25-35(26,29-21-13-5-1-6-14-21)33-37(28,32-24-19-11-4-12-20-24)34-36(27,30-22-15-7-2-8-16-22)31-23-17-9-3-10-18-23;/h1-20H,(H,25,26);/q;+1/p-1. The van der Waals surface area contributed by atoms with Crippen molar-refractivity contribution in [2.24, 2.45) is 0 Å². The molecule has 0 aliphatic carbocycles. The molecule has 0 saturated heterocycles. The molecule has 0 spiro atoms. The molecule has 0 heterocycles. The van der Waals surface area contributed by atoms with Crippen LogP contribution < -0.4 is 23.0 Å². The van der Waals surface area contributed by atoms with Gasteiger partial charge in [-0.3, -0.25) is 4.57 Å². The average molecular weight is 668 g/mol. The first-order valence-corrected chi connectivity index (χ1v) is 15.0. The minimum atomic E-state index is -5.42. The second-order valence-electron chi connectivity index (χ2n) is 7.12. The number of phosphoric acid groups is 3. The third-order valence-corrected chi connectivity index (χ3v) is 9.18. The fraction of sp³-hybridized carbons (Fsp3) is 0. The minimum Gasteiger partial charge on any atom is -0.746 e. The normalized spacial score (nSPS) is 14.1. The maximum absolute atomic E-state index is 13.8. The van der Waals surface area contributed by atoms with E-state index in [9.17, 15) is 18.6 Å². The van der Waals surface area contributed by atoms with Gasteiger partial charge in [-0.1, -0.05) is 72.8 Å². The Morgan fingerprint density at radius 1 is 0.421 bits per heavy atom. The molecule has 0 amide bonds. The van der Waals surface area contributed by atoms with Gasteiger partial charge in [0.15, 0.2) is 0 Å². The van der Waals surface area contributed by atoms with Crippen LogP contribution in [0.15, 0.2) is 121 Å². The maximum atomic E-state index is 13.8. The zero-order valence-corrected chi connectivity index (χ0v) is 23.5. The molecule has 4 rings (SSSR count). The number of rotatable bonds is 12. The maximum Gasteiger partial charge on any atom is 1.00 e. The summed E-state index contributed by atoms with van der Waals surface area (Å²) in [6, 6.07) is 30.2. The first-order chi connectivity index (χ1) is 17.7. The van der Waals surface area contributed by atoms with Crippen LogP contribution >= 0.6 is 23.5 Å². The monoisotopic (exact) mass is 667 g/mol.